The van der Waals surface area contributed by atoms with Crippen molar-refractivity contribution < 1.29 is 14.6 Å². The van der Waals surface area contributed by atoms with E-state index in [1.807, 2.05) is 0 Å². The largest absolute Gasteiger partial charge is 0.391 e. The third kappa shape index (κ3) is 4.60. The Bertz CT molecular complexity index is 123. The normalized spacial score (nSPS) is 19.8. The minimum Gasteiger partial charge on any atom is -0.391 e. The van der Waals surface area contributed by atoms with Gasteiger partial charge in [0.25, 0.3) is 0 Å². The lowest BCUT2D eigenvalue weighted by molar-refractivity contribution is -0.000657. The second kappa shape index (κ2) is 6.35. The zero-order chi connectivity index (χ0) is 9.52. The van der Waals surface area contributed by atoms with Gasteiger partial charge in [0.05, 0.1) is 25.9 Å². The first-order valence-electron chi connectivity index (χ1n) is 5.07. The molecule has 0 radical (unpaired) electrons. The van der Waals surface area contributed by atoms with Crippen LogP contribution in [-0.4, -0.2) is 38.1 Å². The first-order chi connectivity index (χ1) is 6.33. The first kappa shape index (κ1) is 11.0. The molecule has 0 aliphatic heterocycles. The number of hydrogen-bond acceptors (Lipinski definition) is 3. The molecule has 0 amide bonds. The summed E-state index contributed by atoms with van der Waals surface area (Å²) in [6.45, 7) is 1.65. The molecule has 1 fully saturated rings. The van der Waals surface area contributed by atoms with Gasteiger partial charge in [0.15, 0.2) is 0 Å². The predicted molar refractivity (Wildman–Crippen MR) is 50.7 cm³/mol. The van der Waals surface area contributed by atoms with Gasteiger partial charge in [0, 0.05) is 7.11 Å². The van der Waals surface area contributed by atoms with Crippen LogP contribution in [0.1, 0.15) is 25.7 Å². The Balaban J connectivity index is 1.87. The lowest BCUT2D eigenvalue weighted by Crippen LogP contribution is -2.23. The van der Waals surface area contributed by atoms with Crippen LogP contribution in [0, 0.1) is 5.92 Å². The average Bonchev–Trinajstić information content (AvgIpc) is 2.06. The highest BCUT2D eigenvalue weighted by Gasteiger charge is 2.20. The van der Waals surface area contributed by atoms with E-state index in [-0.39, 0.29) is 6.10 Å². The molecule has 1 aliphatic carbocycles. The van der Waals surface area contributed by atoms with E-state index in [0.29, 0.717) is 19.8 Å². The lowest BCUT2D eigenvalue weighted by Gasteiger charge is -2.27. The van der Waals surface area contributed by atoms with Crippen LogP contribution < -0.4 is 0 Å². The van der Waals surface area contributed by atoms with Crippen LogP contribution in [0.2, 0.25) is 0 Å². The molecular formula is C10H20O3. The van der Waals surface area contributed by atoms with Crippen molar-refractivity contribution in [1.82, 2.24) is 0 Å². The van der Waals surface area contributed by atoms with Gasteiger partial charge in [-0.3, -0.25) is 0 Å². The summed E-state index contributed by atoms with van der Waals surface area (Å²) < 4.78 is 10.1. The quantitative estimate of drug-likeness (QED) is 0.610. The summed E-state index contributed by atoms with van der Waals surface area (Å²) in [5, 5.41) is 9.52. The van der Waals surface area contributed by atoms with Crippen LogP contribution in [0.15, 0.2) is 0 Å². The maximum absolute atomic E-state index is 9.52. The number of ether oxygens (including phenoxy) is 2. The van der Waals surface area contributed by atoms with Gasteiger partial charge in [-0.15, -0.1) is 0 Å². The summed E-state index contributed by atoms with van der Waals surface area (Å²) in [5.74, 6) is 0.751. The van der Waals surface area contributed by atoms with E-state index in [1.54, 1.807) is 7.11 Å². The molecular weight excluding hydrogens is 168 g/mol. The summed E-state index contributed by atoms with van der Waals surface area (Å²) in [6.07, 6.45) is 4.54. The molecule has 13 heavy (non-hydrogen) atoms. The van der Waals surface area contributed by atoms with E-state index < -0.39 is 0 Å². The van der Waals surface area contributed by atoms with Gasteiger partial charge < -0.3 is 14.6 Å². The minimum atomic E-state index is -0.276. The van der Waals surface area contributed by atoms with E-state index in [4.69, 9.17) is 9.47 Å². The Labute approximate surface area is 80.0 Å². The van der Waals surface area contributed by atoms with Crippen LogP contribution in [0.5, 0.6) is 0 Å². The highest BCUT2D eigenvalue weighted by Crippen LogP contribution is 2.30. The van der Waals surface area contributed by atoms with E-state index in [2.05, 4.69) is 0 Å². The smallest absolute Gasteiger partial charge is 0.0776 e. The van der Waals surface area contributed by atoms with Crippen LogP contribution >= 0.6 is 0 Å². The highest BCUT2D eigenvalue weighted by atomic mass is 16.5. The number of aliphatic hydroxyl groups is 1. The molecule has 1 N–H and O–H groups in total. The van der Waals surface area contributed by atoms with Crippen molar-refractivity contribution in [3.63, 3.8) is 0 Å². The van der Waals surface area contributed by atoms with Crippen molar-refractivity contribution in [2.75, 3.05) is 26.9 Å². The molecule has 3 heteroatoms. The fraction of sp³-hybridized carbons (Fsp3) is 1.00. The van der Waals surface area contributed by atoms with E-state index in [0.717, 1.165) is 12.3 Å². The Morgan fingerprint density at radius 2 is 2.15 bits per heavy atom. The third-order valence-corrected chi connectivity index (χ3v) is 2.57. The fourth-order valence-corrected chi connectivity index (χ4v) is 1.54. The van der Waals surface area contributed by atoms with E-state index in [9.17, 15) is 5.11 Å². The van der Waals surface area contributed by atoms with Crippen molar-refractivity contribution in [3.05, 3.63) is 0 Å². The molecule has 1 unspecified atom stereocenters. The standard InChI is InChI=1S/C10H20O3/c1-12-5-6-13-8-10(11)7-9-3-2-4-9/h9-11H,2-8H2,1H3. The Morgan fingerprint density at radius 1 is 1.38 bits per heavy atom. The third-order valence-electron chi connectivity index (χ3n) is 2.57. The number of rotatable bonds is 7. The lowest BCUT2D eigenvalue weighted by atomic mass is 9.81. The molecule has 1 saturated carbocycles. The molecule has 0 aromatic heterocycles. The molecule has 0 saturated heterocycles. The molecule has 1 aliphatic rings. The highest BCUT2D eigenvalue weighted by molar-refractivity contribution is 4.72. The summed E-state index contributed by atoms with van der Waals surface area (Å²) in [6, 6.07) is 0. The summed E-state index contributed by atoms with van der Waals surface area (Å²) in [4.78, 5) is 0. The average molecular weight is 188 g/mol. The van der Waals surface area contributed by atoms with Crippen molar-refractivity contribution in [2.24, 2.45) is 5.92 Å². The maximum Gasteiger partial charge on any atom is 0.0776 e. The SMILES string of the molecule is COCCOCC(O)CC1CCC1. The summed E-state index contributed by atoms with van der Waals surface area (Å²) >= 11 is 0. The molecule has 0 aromatic carbocycles. The van der Waals surface area contributed by atoms with Crippen LogP contribution in [0.4, 0.5) is 0 Å². The monoisotopic (exact) mass is 188 g/mol. The van der Waals surface area contributed by atoms with Crippen LogP contribution in [0.25, 0.3) is 0 Å². The minimum absolute atomic E-state index is 0.276. The van der Waals surface area contributed by atoms with Gasteiger partial charge >= 0.3 is 0 Å². The molecule has 0 aromatic rings. The fourth-order valence-electron chi connectivity index (χ4n) is 1.54. The number of hydrogen-bond donors (Lipinski definition) is 1. The van der Waals surface area contributed by atoms with Gasteiger partial charge in [0.1, 0.15) is 0 Å². The van der Waals surface area contributed by atoms with Gasteiger partial charge in [-0.2, -0.15) is 0 Å². The van der Waals surface area contributed by atoms with Gasteiger partial charge in [-0.05, 0) is 12.3 Å². The van der Waals surface area contributed by atoms with Gasteiger partial charge in [0.2, 0.25) is 0 Å². The molecule has 0 bridgehead atoms. The maximum atomic E-state index is 9.52. The molecule has 78 valence electrons. The van der Waals surface area contributed by atoms with E-state index >= 15 is 0 Å². The van der Waals surface area contributed by atoms with E-state index in [1.165, 1.54) is 19.3 Å². The summed E-state index contributed by atoms with van der Waals surface area (Å²) in [5.41, 5.74) is 0. The van der Waals surface area contributed by atoms with Gasteiger partial charge in [-0.25, -0.2) is 0 Å². The molecule has 0 heterocycles. The summed E-state index contributed by atoms with van der Waals surface area (Å²) in [7, 11) is 1.65. The first-order valence-corrected chi connectivity index (χ1v) is 5.07. The second-order valence-corrected chi connectivity index (χ2v) is 3.75. The van der Waals surface area contributed by atoms with Crippen LogP contribution in [0.3, 0.4) is 0 Å². The molecule has 0 spiro atoms. The number of aliphatic hydroxyl groups excluding tert-OH is 1. The van der Waals surface area contributed by atoms with Crippen molar-refractivity contribution in [3.8, 4) is 0 Å². The molecule has 1 rings (SSSR count). The second-order valence-electron chi connectivity index (χ2n) is 3.75. The Kier molecular flexibility index (Phi) is 5.35. The molecule has 3 nitrogen and oxygen atoms in total. The van der Waals surface area contributed by atoms with Gasteiger partial charge in [-0.1, -0.05) is 19.3 Å². The topological polar surface area (TPSA) is 38.7 Å². The van der Waals surface area contributed by atoms with Crippen molar-refractivity contribution >= 4 is 0 Å². The molecule has 1 atom stereocenters. The number of methoxy groups -OCH3 is 1. The predicted octanol–water partition coefficient (Wildman–Crippen LogP) is 1.20. The van der Waals surface area contributed by atoms with Crippen molar-refractivity contribution in [1.29, 1.82) is 0 Å². The van der Waals surface area contributed by atoms with Crippen LogP contribution in [-0.2, 0) is 9.47 Å². The zero-order valence-electron chi connectivity index (χ0n) is 8.37. The Hall–Kier alpha value is -0.120. The van der Waals surface area contributed by atoms with Crippen molar-refractivity contribution in [2.45, 2.75) is 31.8 Å². The Morgan fingerprint density at radius 3 is 2.69 bits per heavy atom. The zero-order valence-corrected chi connectivity index (χ0v) is 8.37.